The topological polar surface area (TPSA) is 29.1 Å². The fourth-order valence-electron chi connectivity index (χ4n) is 5.52. The number of fused-ring (bicyclic) bond motifs is 1. The van der Waals surface area contributed by atoms with Gasteiger partial charge >= 0.3 is 0 Å². The lowest BCUT2D eigenvalue weighted by atomic mass is 9.62. The summed E-state index contributed by atoms with van der Waals surface area (Å²) in [5.74, 6) is -0.0314. The Morgan fingerprint density at radius 3 is 2.13 bits per heavy atom. The predicted molar refractivity (Wildman–Crippen MR) is 131 cm³/mol. The van der Waals surface area contributed by atoms with E-state index in [1.165, 1.54) is 53.5 Å². The number of hydrogen-bond donors (Lipinski definition) is 1. The molecule has 2 nitrogen and oxygen atoms in total. The van der Waals surface area contributed by atoms with E-state index in [1.54, 1.807) is 6.08 Å². The molecular formula is C29H37NO. The molecular weight excluding hydrogens is 378 g/mol. The van der Waals surface area contributed by atoms with Crippen LogP contribution in [0.4, 0.5) is 0 Å². The first kappa shape index (κ1) is 21.9. The van der Waals surface area contributed by atoms with Gasteiger partial charge in [-0.3, -0.25) is 4.79 Å². The predicted octanol–water partition coefficient (Wildman–Crippen LogP) is 6.57. The van der Waals surface area contributed by atoms with Gasteiger partial charge in [0.2, 0.25) is 5.91 Å². The van der Waals surface area contributed by atoms with E-state index in [4.69, 9.17) is 0 Å². The quantitative estimate of drug-likeness (QED) is 0.550. The molecule has 1 amide bonds. The van der Waals surface area contributed by atoms with E-state index >= 15 is 0 Å². The first-order chi connectivity index (χ1) is 14.6. The summed E-state index contributed by atoms with van der Waals surface area (Å²) < 4.78 is 0. The zero-order chi connectivity index (χ0) is 22.4. The fraction of sp³-hybridized carbons (Fsp3) is 0.483. The molecule has 1 saturated carbocycles. The molecule has 0 atom stereocenters. The van der Waals surface area contributed by atoms with E-state index in [-0.39, 0.29) is 22.2 Å². The molecule has 0 saturated heterocycles. The van der Waals surface area contributed by atoms with E-state index in [2.05, 4.69) is 76.3 Å². The average molecular weight is 416 g/mol. The highest BCUT2D eigenvalue weighted by Crippen LogP contribution is 2.57. The van der Waals surface area contributed by atoms with Crippen LogP contribution in [0.15, 0.2) is 42.5 Å². The van der Waals surface area contributed by atoms with Crippen LogP contribution in [0.3, 0.4) is 0 Å². The molecule has 0 bridgehead atoms. The van der Waals surface area contributed by atoms with E-state index in [0.29, 0.717) is 6.54 Å². The third kappa shape index (κ3) is 3.86. The molecule has 0 aliphatic heterocycles. The standard InChI is InChI=1S/C29H37NO/c1-7-30-26(31)13-12-21-10-8-9-11-22(21)29(16-17-29)23-19-25-24(18-20(23)2)27(3,4)14-15-28(25,5)6/h8-13,18-19H,7,14-17H2,1-6H3,(H,30,31). The number of benzene rings is 2. The Morgan fingerprint density at radius 2 is 1.52 bits per heavy atom. The fourth-order valence-corrected chi connectivity index (χ4v) is 5.52. The van der Waals surface area contributed by atoms with Gasteiger partial charge in [0.25, 0.3) is 0 Å². The molecule has 1 N–H and O–H groups in total. The molecule has 2 aliphatic rings. The van der Waals surface area contributed by atoms with Gasteiger partial charge in [-0.25, -0.2) is 0 Å². The van der Waals surface area contributed by atoms with Gasteiger partial charge in [-0.05, 0) is 89.8 Å². The van der Waals surface area contributed by atoms with Gasteiger partial charge in [0.1, 0.15) is 0 Å². The summed E-state index contributed by atoms with van der Waals surface area (Å²) in [4.78, 5) is 12.0. The van der Waals surface area contributed by atoms with Crippen LogP contribution in [0, 0.1) is 6.92 Å². The van der Waals surface area contributed by atoms with Crippen molar-refractivity contribution in [2.45, 2.75) is 83.5 Å². The van der Waals surface area contributed by atoms with E-state index in [0.717, 1.165) is 5.56 Å². The lowest BCUT2D eigenvalue weighted by molar-refractivity contribution is -0.116. The minimum Gasteiger partial charge on any atom is -0.353 e. The number of aryl methyl sites for hydroxylation is 1. The van der Waals surface area contributed by atoms with Crippen molar-refractivity contribution in [3.8, 4) is 0 Å². The van der Waals surface area contributed by atoms with Gasteiger partial charge in [0.05, 0.1) is 0 Å². The smallest absolute Gasteiger partial charge is 0.243 e. The monoisotopic (exact) mass is 415 g/mol. The number of carbonyl (C=O) groups excluding carboxylic acids is 1. The van der Waals surface area contributed by atoms with Crippen LogP contribution in [0.5, 0.6) is 0 Å². The highest BCUT2D eigenvalue weighted by molar-refractivity contribution is 5.92. The Kier molecular flexibility index (Phi) is 5.40. The van der Waals surface area contributed by atoms with Gasteiger partial charge < -0.3 is 5.32 Å². The molecule has 31 heavy (non-hydrogen) atoms. The molecule has 4 rings (SSSR count). The second-order valence-corrected chi connectivity index (χ2v) is 10.9. The molecule has 164 valence electrons. The van der Waals surface area contributed by atoms with Crippen molar-refractivity contribution >= 4 is 12.0 Å². The van der Waals surface area contributed by atoms with Crippen molar-refractivity contribution in [1.82, 2.24) is 5.32 Å². The molecule has 0 spiro atoms. The first-order valence-corrected chi connectivity index (χ1v) is 11.8. The van der Waals surface area contributed by atoms with Crippen molar-refractivity contribution < 1.29 is 4.79 Å². The molecule has 0 heterocycles. The molecule has 0 aromatic heterocycles. The maximum Gasteiger partial charge on any atom is 0.243 e. The Morgan fingerprint density at radius 1 is 0.903 bits per heavy atom. The van der Waals surface area contributed by atoms with Crippen molar-refractivity contribution in [2.75, 3.05) is 6.54 Å². The van der Waals surface area contributed by atoms with E-state index in [9.17, 15) is 4.79 Å². The highest BCUT2D eigenvalue weighted by Gasteiger charge is 2.49. The Bertz CT molecular complexity index is 1040. The third-order valence-corrected chi connectivity index (χ3v) is 7.70. The van der Waals surface area contributed by atoms with Crippen LogP contribution >= 0.6 is 0 Å². The number of amides is 1. The molecule has 2 heteroatoms. The molecule has 1 fully saturated rings. The normalized spacial score (nSPS) is 20.3. The van der Waals surface area contributed by atoms with Crippen LogP contribution in [0.1, 0.15) is 93.7 Å². The largest absolute Gasteiger partial charge is 0.353 e. The second-order valence-electron chi connectivity index (χ2n) is 10.9. The number of likely N-dealkylation sites (N-methyl/N-ethyl adjacent to an activating group) is 1. The van der Waals surface area contributed by atoms with Gasteiger partial charge in [-0.15, -0.1) is 0 Å². The van der Waals surface area contributed by atoms with Gasteiger partial charge in [-0.1, -0.05) is 64.1 Å². The van der Waals surface area contributed by atoms with Gasteiger partial charge in [0.15, 0.2) is 0 Å². The summed E-state index contributed by atoms with van der Waals surface area (Å²) in [6.45, 7) is 14.5. The van der Waals surface area contributed by atoms with Crippen LogP contribution in [0.2, 0.25) is 0 Å². The third-order valence-electron chi connectivity index (χ3n) is 7.70. The summed E-state index contributed by atoms with van der Waals surface area (Å²) >= 11 is 0. The Balaban J connectivity index is 1.81. The highest BCUT2D eigenvalue weighted by atomic mass is 16.1. The summed E-state index contributed by atoms with van der Waals surface area (Å²) in [6.07, 6.45) is 8.47. The zero-order valence-electron chi connectivity index (χ0n) is 20.1. The lowest BCUT2D eigenvalue weighted by Crippen LogP contribution is -2.34. The summed E-state index contributed by atoms with van der Waals surface area (Å²) in [5, 5.41) is 2.86. The summed E-state index contributed by atoms with van der Waals surface area (Å²) in [5.41, 5.74) is 8.98. The molecule has 2 aromatic rings. The number of hydrogen-bond acceptors (Lipinski definition) is 1. The van der Waals surface area contributed by atoms with Gasteiger partial charge in [0, 0.05) is 18.0 Å². The van der Waals surface area contributed by atoms with Crippen LogP contribution in [-0.4, -0.2) is 12.5 Å². The van der Waals surface area contributed by atoms with E-state index in [1.807, 2.05) is 13.0 Å². The van der Waals surface area contributed by atoms with Crippen molar-refractivity contribution in [3.05, 3.63) is 75.9 Å². The molecule has 0 radical (unpaired) electrons. The molecule has 2 aliphatic carbocycles. The molecule has 0 unspecified atom stereocenters. The summed E-state index contributed by atoms with van der Waals surface area (Å²) in [6, 6.07) is 13.6. The van der Waals surface area contributed by atoms with Crippen LogP contribution < -0.4 is 5.32 Å². The summed E-state index contributed by atoms with van der Waals surface area (Å²) in [7, 11) is 0. The second kappa shape index (κ2) is 7.65. The van der Waals surface area contributed by atoms with Crippen molar-refractivity contribution in [3.63, 3.8) is 0 Å². The number of nitrogens with one attached hydrogen (secondary N) is 1. The number of carbonyl (C=O) groups is 1. The first-order valence-electron chi connectivity index (χ1n) is 11.8. The van der Waals surface area contributed by atoms with E-state index < -0.39 is 0 Å². The van der Waals surface area contributed by atoms with Crippen LogP contribution in [0.25, 0.3) is 6.08 Å². The minimum atomic E-state index is -0.0314. The van der Waals surface area contributed by atoms with Crippen molar-refractivity contribution in [2.24, 2.45) is 0 Å². The Labute approximate surface area is 188 Å². The van der Waals surface area contributed by atoms with Gasteiger partial charge in [-0.2, -0.15) is 0 Å². The maximum absolute atomic E-state index is 12.0. The minimum absolute atomic E-state index is 0.0314. The Hall–Kier alpha value is -2.35. The zero-order valence-corrected chi connectivity index (χ0v) is 20.1. The number of rotatable bonds is 5. The maximum atomic E-state index is 12.0. The van der Waals surface area contributed by atoms with Crippen molar-refractivity contribution in [1.29, 1.82) is 0 Å². The average Bonchev–Trinajstić information content (AvgIpc) is 3.52. The SMILES string of the molecule is CCNC(=O)C=Cc1ccccc1C1(c2cc3c(cc2C)C(C)(C)CCC3(C)C)CC1. The lowest BCUT2D eigenvalue weighted by Gasteiger charge is -2.43. The van der Waals surface area contributed by atoms with Crippen LogP contribution in [-0.2, 0) is 21.0 Å². The molecule has 2 aromatic carbocycles.